The zero-order valence-corrected chi connectivity index (χ0v) is 15.2. The topological polar surface area (TPSA) is 71.5 Å². The smallest absolute Gasteiger partial charge is 0.265 e. The summed E-state index contributed by atoms with van der Waals surface area (Å²) < 4.78 is 0. The van der Waals surface area contributed by atoms with Crippen LogP contribution in [0.4, 0.5) is 0 Å². The molecule has 0 N–H and O–H groups in total. The van der Waals surface area contributed by atoms with Crippen molar-refractivity contribution in [3.05, 3.63) is 119 Å². The Morgan fingerprint density at radius 2 is 1.03 bits per heavy atom. The van der Waals surface area contributed by atoms with Crippen LogP contribution in [-0.4, -0.2) is 28.3 Å². The van der Waals surface area contributed by atoms with Gasteiger partial charge in [0.1, 0.15) is 5.70 Å². The lowest BCUT2D eigenvalue weighted by Crippen LogP contribution is -2.40. The number of hydrogen-bond acceptors (Lipinski definition) is 4. The number of rotatable bonds is 3. The number of carbonyl (C=O) groups excluding carboxylic acids is 4. The molecule has 29 heavy (non-hydrogen) atoms. The Morgan fingerprint density at radius 1 is 0.586 bits per heavy atom. The lowest BCUT2D eigenvalue weighted by molar-refractivity contribution is 0.0642. The molecule has 2 amide bonds. The van der Waals surface area contributed by atoms with E-state index < -0.39 is 23.4 Å². The molecule has 5 nitrogen and oxygen atoms in total. The van der Waals surface area contributed by atoms with Crippen LogP contribution in [0.1, 0.15) is 41.4 Å². The second kappa shape index (κ2) is 7.48. The number of ketones is 2. The molecule has 1 aliphatic carbocycles. The van der Waals surface area contributed by atoms with Crippen molar-refractivity contribution in [1.29, 1.82) is 0 Å². The Hall–Kier alpha value is -4.12. The van der Waals surface area contributed by atoms with E-state index in [9.17, 15) is 19.2 Å². The van der Waals surface area contributed by atoms with Crippen LogP contribution in [0.2, 0.25) is 0 Å². The van der Waals surface area contributed by atoms with E-state index >= 15 is 0 Å². The Labute approximate surface area is 166 Å². The van der Waals surface area contributed by atoms with Gasteiger partial charge in [-0.25, -0.2) is 4.90 Å². The van der Waals surface area contributed by atoms with Gasteiger partial charge in [-0.1, -0.05) is 60.7 Å². The number of carbonyl (C=O) groups is 4. The third-order valence-electron chi connectivity index (χ3n) is 4.63. The second-order valence-electron chi connectivity index (χ2n) is 6.45. The normalized spacial score (nSPS) is 12.8. The number of benzene rings is 3. The van der Waals surface area contributed by atoms with Gasteiger partial charge >= 0.3 is 0 Å². The van der Waals surface area contributed by atoms with Crippen molar-refractivity contribution < 1.29 is 19.2 Å². The van der Waals surface area contributed by atoms with E-state index in [1.54, 1.807) is 78.9 Å². The van der Waals surface area contributed by atoms with Crippen molar-refractivity contribution in [2.75, 3.05) is 0 Å². The summed E-state index contributed by atoms with van der Waals surface area (Å²) in [6.45, 7) is 0. The van der Waals surface area contributed by atoms with Crippen LogP contribution in [0, 0.1) is 0 Å². The van der Waals surface area contributed by atoms with E-state index in [2.05, 4.69) is 0 Å². The molecule has 0 saturated heterocycles. The third-order valence-corrected chi connectivity index (χ3v) is 4.63. The van der Waals surface area contributed by atoms with Gasteiger partial charge in [0.2, 0.25) is 5.78 Å². The van der Waals surface area contributed by atoms with E-state index in [0.717, 1.165) is 11.0 Å². The first-order valence-corrected chi connectivity index (χ1v) is 8.96. The van der Waals surface area contributed by atoms with Crippen molar-refractivity contribution in [3.8, 4) is 0 Å². The molecule has 3 aromatic rings. The lowest BCUT2D eigenvalue weighted by Gasteiger charge is -2.25. The van der Waals surface area contributed by atoms with E-state index in [0.29, 0.717) is 0 Å². The zero-order chi connectivity index (χ0) is 20.4. The Balaban J connectivity index is 1.85. The summed E-state index contributed by atoms with van der Waals surface area (Å²) in [6, 6.07) is 22.7. The summed E-state index contributed by atoms with van der Waals surface area (Å²) in [4.78, 5) is 52.9. The van der Waals surface area contributed by atoms with Gasteiger partial charge in [0.25, 0.3) is 11.8 Å². The SMILES string of the molecule is O=C1C=C(N(C(=O)c2ccccc2)C(=O)c2ccccc2)C(=O)c2ccccc21. The van der Waals surface area contributed by atoms with Crippen molar-refractivity contribution in [1.82, 2.24) is 4.90 Å². The molecule has 140 valence electrons. The average molecular weight is 381 g/mol. The van der Waals surface area contributed by atoms with Crippen molar-refractivity contribution in [2.24, 2.45) is 0 Å². The van der Waals surface area contributed by atoms with Crippen LogP contribution in [-0.2, 0) is 0 Å². The summed E-state index contributed by atoms with van der Waals surface area (Å²) in [5.41, 5.74) is 0.632. The molecule has 4 rings (SSSR count). The maximum atomic E-state index is 13.2. The van der Waals surface area contributed by atoms with Crippen LogP contribution in [0.5, 0.6) is 0 Å². The molecule has 0 aromatic heterocycles. The monoisotopic (exact) mass is 381 g/mol. The van der Waals surface area contributed by atoms with Gasteiger partial charge in [-0.3, -0.25) is 19.2 Å². The summed E-state index contributed by atoms with van der Waals surface area (Å²) in [5, 5.41) is 0. The van der Waals surface area contributed by atoms with Gasteiger partial charge in [0, 0.05) is 28.3 Å². The van der Waals surface area contributed by atoms with E-state index in [4.69, 9.17) is 0 Å². The largest absolute Gasteiger partial charge is 0.289 e. The Bertz CT molecular complexity index is 1110. The van der Waals surface area contributed by atoms with E-state index in [-0.39, 0.29) is 28.0 Å². The molecular formula is C24H15NO4. The predicted molar refractivity (Wildman–Crippen MR) is 107 cm³/mol. The molecule has 0 aliphatic heterocycles. The zero-order valence-electron chi connectivity index (χ0n) is 15.2. The molecule has 0 fully saturated rings. The van der Waals surface area contributed by atoms with Gasteiger partial charge in [-0.15, -0.1) is 0 Å². The molecule has 3 aromatic carbocycles. The van der Waals surface area contributed by atoms with Crippen LogP contribution >= 0.6 is 0 Å². The molecule has 1 aliphatic rings. The number of Topliss-reactive ketones (excluding diaryl/α,β-unsaturated/α-hetero) is 1. The van der Waals surface area contributed by atoms with Crippen LogP contribution in [0.15, 0.2) is 96.7 Å². The quantitative estimate of drug-likeness (QED) is 0.645. The number of hydrogen-bond donors (Lipinski definition) is 0. The van der Waals surface area contributed by atoms with Gasteiger partial charge in [0.15, 0.2) is 5.78 Å². The standard InChI is InChI=1S/C24H15NO4/c26-21-15-20(22(27)19-14-8-7-13-18(19)21)25(23(28)16-9-3-1-4-10-16)24(29)17-11-5-2-6-12-17/h1-15H. The third kappa shape index (κ3) is 3.30. The number of amides is 2. The molecule has 0 bridgehead atoms. The van der Waals surface area contributed by atoms with E-state index in [1.807, 2.05) is 0 Å². The minimum Gasteiger partial charge on any atom is -0.289 e. The number of fused-ring (bicyclic) bond motifs is 1. The Kier molecular flexibility index (Phi) is 4.71. The second-order valence-corrected chi connectivity index (χ2v) is 6.45. The van der Waals surface area contributed by atoms with E-state index in [1.165, 1.54) is 6.07 Å². The minimum atomic E-state index is -0.675. The van der Waals surface area contributed by atoms with Gasteiger partial charge < -0.3 is 0 Å². The highest BCUT2D eigenvalue weighted by Crippen LogP contribution is 2.26. The van der Waals surface area contributed by atoms with Gasteiger partial charge in [0.05, 0.1) is 0 Å². The average Bonchev–Trinajstić information content (AvgIpc) is 2.78. The molecule has 5 heteroatoms. The fraction of sp³-hybridized carbons (Fsp3) is 0. The van der Waals surface area contributed by atoms with Gasteiger partial charge in [-0.05, 0) is 24.3 Å². The summed E-state index contributed by atoms with van der Waals surface area (Å²) >= 11 is 0. The van der Waals surface area contributed by atoms with Gasteiger partial charge in [-0.2, -0.15) is 0 Å². The fourth-order valence-corrected chi connectivity index (χ4v) is 3.20. The molecule has 0 atom stereocenters. The molecule has 0 radical (unpaired) electrons. The highest BCUT2D eigenvalue weighted by molar-refractivity contribution is 6.28. The first-order chi connectivity index (χ1) is 14.1. The lowest BCUT2D eigenvalue weighted by atomic mass is 9.91. The van der Waals surface area contributed by atoms with Crippen molar-refractivity contribution in [2.45, 2.75) is 0 Å². The Morgan fingerprint density at radius 3 is 1.55 bits per heavy atom. The molecule has 0 saturated carbocycles. The molecular weight excluding hydrogens is 366 g/mol. The number of allylic oxidation sites excluding steroid dienone is 2. The van der Waals surface area contributed by atoms with Crippen molar-refractivity contribution >= 4 is 23.4 Å². The highest BCUT2D eigenvalue weighted by atomic mass is 16.2. The molecule has 0 heterocycles. The fourth-order valence-electron chi connectivity index (χ4n) is 3.20. The van der Waals surface area contributed by atoms with Crippen LogP contribution in [0.3, 0.4) is 0 Å². The summed E-state index contributed by atoms with van der Waals surface area (Å²) in [7, 11) is 0. The number of nitrogens with zero attached hydrogens (tertiary/aromatic N) is 1. The maximum absolute atomic E-state index is 13.2. The van der Waals surface area contributed by atoms with Crippen LogP contribution in [0.25, 0.3) is 0 Å². The number of imide groups is 1. The highest BCUT2D eigenvalue weighted by Gasteiger charge is 2.36. The summed E-state index contributed by atoms with van der Waals surface area (Å²) in [5.74, 6) is -2.33. The predicted octanol–water partition coefficient (Wildman–Crippen LogP) is 3.93. The molecule has 0 unspecified atom stereocenters. The maximum Gasteiger partial charge on any atom is 0.265 e. The minimum absolute atomic E-state index is 0.168. The first kappa shape index (κ1) is 18.3. The molecule has 0 spiro atoms. The summed E-state index contributed by atoms with van der Waals surface area (Å²) in [6.07, 6.45) is 1.06. The van der Waals surface area contributed by atoms with Crippen LogP contribution < -0.4 is 0 Å². The van der Waals surface area contributed by atoms with Crippen molar-refractivity contribution in [3.63, 3.8) is 0 Å². The first-order valence-electron chi connectivity index (χ1n) is 8.96.